The van der Waals surface area contributed by atoms with E-state index in [9.17, 15) is 13.2 Å². The van der Waals surface area contributed by atoms with Gasteiger partial charge in [0, 0.05) is 19.3 Å². The van der Waals surface area contributed by atoms with Crippen LogP contribution in [-0.2, 0) is 10.0 Å². The van der Waals surface area contributed by atoms with Crippen LogP contribution in [0.15, 0.2) is 53.9 Å². The van der Waals surface area contributed by atoms with Crippen molar-refractivity contribution in [3.8, 4) is 0 Å². The highest BCUT2D eigenvalue weighted by atomic mass is 32.2. The first-order chi connectivity index (χ1) is 14.0. The van der Waals surface area contributed by atoms with E-state index in [1.807, 2.05) is 6.07 Å². The van der Waals surface area contributed by atoms with E-state index in [0.717, 1.165) is 18.4 Å². The van der Waals surface area contributed by atoms with E-state index < -0.39 is 10.0 Å². The lowest BCUT2D eigenvalue weighted by atomic mass is 10.2. The third-order valence-electron chi connectivity index (χ3n) is 4.95. The predicted molar refractivity (Wildman–Crippen MR) is 111 cm³/mol. The van der Waals surface area contributed by atoms with Crippen molar-refractivity contribution in [1.82, 2.24) is 18.7 Å². The van der Waals surface area contributed by atoms with Gasteiger partial charge in [-0.2, -0.15) is 4.31 Å². The van der Waals surface area contributed by atoms with Gasteiger partial charge in [0.25, 0.3) is 5.91 Å². The molecular weight excluding hydrogens is 410 g/mol. The maximum Gasteiger partial charge on any atom is 0.258 e. The third kappa shape index (κ3) is 3.28. The molecule has 4 heterocycles. The van der Waals surface area contributed by atoms with E-state index in [4.69, 9.17) is 0 Å². The predicted octanol–water partition coefficient (Wildman–Crippen LogP) is 2.98. The van der Waals surface area contributed by atoms with Gasteiger partial charge in [-0.05, 0) is 43.2 Å². The zero-order valence-electron chi connectivity index (χ0n) is 15.3. The van der Waals surface area contributed by atoms with Gasteiger partial charge >= 0.3 is 0 Å². The first kappa shape index (κ1) is 18.2. The Balaban J connectivity index is 1.41. The van der Waals surface area contributed by atoms with Crippen LogP contribution in [-0.4, -0.2) is 46.1 Å². The Morgan fingerprint density at radius 3 is 2.79 bits per heavy atom. The molecule has 148 valence electrons. The van der Waals surface area contributed by atoms with Gasteiger partial charge in [0.05, 0.1) is 38.7 Å². The number of anilines is 1. The molecule has 10 heteroatoms. The molecule has 8 nitrogen and oxygen atoms in total. The maximum atomic E-state index is 12.8. The topological polar surface area (TPSA) is 96.7 Å². The Bertz CT molecular complexity index is 1340. The van der Waals surface area contributed by atoms with Gasteiger partial charge in [0.2, 0.25) is 10.0 Å². The van der Waals surface area contributed by atoms with Gasteiger partial charge in [0.15, 0.2) is 5.13 Å². The molecule has 1 N–H and O–H groups in total. The normalized spacial score (nSPS) is 15.3. The third-order valence-corrected chi connectivity index (χ3v) is 7.78. The van der Waals surface area contributed by atoms with E-state index >= 15 is 0 Å². The highest BCUT2D eigenvalue weighted by molar-refractivity contribution is 7.89. The minimum atomic E-state index is -3.49. The second-order valence-corrected chi connectivity index (χ2v) is 9.83. The van der Waals surface area contributed by atoms with Gasteiger partial charge < -0.3 is 4.40 Å². The van der Waals surface area contributed by atoms with Crippen molar-refractivity contribution in [1.29, 1.82) is 0 Å². The first-order valence-corrected chi connectivity index (χ1v) is 11.4. The average molecular weight is 428 g/mol. The van der Waals surface area contributed by atoms with Crippen molar-refractivity contribution < 1.29 is 13.2 Å². The highest BCUT2D eigenvalue weighted by Crippen LogP contribution is 2.30. The van der Waals surface area contributed by atoms with Gasteiger partial charge in [-0.3, -0.25) is 10.1 Å². The summed E-state index contributed by atoms with van der Waals surface area (Å²) in [6, 6.07) is 8.43. The van der Waals surface area contributed by atoms with Crippen LogP contribution in [0.2, 0.25) is 0 Å². The first-order valence-electron chi connectivity index (χ1n) is 9.14. The highest BCUT2D eigenvalue weighted by Gasteiger charge is 2.27. The Morgan fingerprint density at radius 1 is 1.14 bits per heavy atom. The largest absolute Gasteiger partial charge is 0.306 e. The van der Waals surface area contributed by atoms with E-state index in [1.54, 1.807) is 47.4 Å². The molecule has 1 aliphatic rings. The molecule has 0 bridgehead atoms. The van der Waals surface area contributed by atoms with Gasteiger partial charge in [0.1, 0.15) is 0 Å². The molecule has 1 fully saturated rings. The maximum absolute atomic E-state index is 12.8. The lowest BCUT2D eigenvalue weighted by Crippen LogP contribution is -2.27. The number of imidazole rings is 1. The summed E-state index contributed by atoms with van der Waals surface area (Å²) in [7, 11) is -3.49. The average Bonchev–Trinajstić information content (AvgIpc) is 3.45. The number of benzene rings is 1. The van der Waals surface area contributed by atoms with E-state index in [-0.39, 0.29) is 10.8 Å². The Kier molecular flexibility index (Phi) is 4.34. The van der Waals surface area contributed by atoms with Crippen molar-refractivity contribution in [2.75, 3.05) is 18.4 Å². The second-order valence-electron chi connectivity index (χ2n) is 6.86. The molecule has 0 radical (unpaired) electrons. The minimum absolute atomic E-state index is 0.263. The number of nitrogens with one attached hydrogen (secondary N) is 1. The Morgan fingerprint density at radius 2 is 1.97 bits per heavy atom. The summed E-state index contributed by atoms with van der Waals surface area (Å²) in [4.78, 5) is 21.3. The molecule has 0 spiro atoms. The van der Waals surface area contributed by atoms with E-state index in [2.05, 4.69) is 15.3 Å². The molecule has 3 aromatic heterocycles. The Hall–Kier alpha value is -2.82. The number of thiazole rings is 1. The lowest BCUT2D eigenvalue weighted by molar-refractivity contribution is 0.102. The number of carbonyl (C=O) groups is 1. The van der Waals surface area contributed by atoms with Crippen molar-refractivity contribution in [2.45, 2.75) is 17.7 Å². The van der Waals surface area contributed by atoms with Crippen LogP contribution in [0.5, 0.6) is 0 Å². The summed E-state index contributed by atoms with van der Waals surface area (Å²) in [6.07, 6.45) is 6.83. The van der Waals surface area contributed by atoms with E-state index in [0.29, 0.717) is 34.0 Å². The molecule has 0 atom stereocenters. The number of hydrogen-bond acceptors (Lipinski definition) is 6. The van der Waals surface area contributed by atoms with Crippen LogP contribution in [0.1, 0.15) is 23.2 Å². The molecule has 0 unspecified atom stereocenters. The van der Waals surface area contributed by atoms with Crippen LogP contribution in [0, 0.1) is 0 Å². The van der Waals surface area contributed by atoms with Crippen molar-refractivity contribution in [3.63, 3.8) is 0 Å². The van der Waals surface area contributed by atoms with Crippen LogP contribution in [0.4, 0.5) is 5.13 Å². The fourth-order valence-electron chi connectivity index (χ4n) is 3.42. The standard InChI is InChI=1S/C19H17N5O3S2/c25-18(13-3-4-14-10-20-12-23(14)11-13)22-19-21-16-6-5-15(9-17(16)28-19)29(26,27)24-7-1-2-8-24/h3-6,9-12H,1-2,7-8H2,(H,21,22,25). The van der Waals surface area contributed by atoms with Crippen LogP contribution in [0.25, 0.3) is 15.7 Å². The minimum Gasteiger partial charge on any atom is -0.306 e. The molecule has 1 aromatic carbocycles. The quantitative estimate of drug-likeness (QED) is 0.540. The number of rotatable bonds is 4. The lowest BCUT2D eigenvalue weighted by Gasteiger charge is -2.15. The summed E-state index contributed by atoms with van der Waals surface area (Å²) >= 11 is 1.25. The van der Waals surface area contributed by atoms with Gasteiger partial charge in [-0.15, -0.1) is 0 Å². The fraction of sp³-hybridized carbons (Fsp3) is 0.211. The fourth-order valence-corrected chi connectivity index (χ4v) is 5.94. The van der Waals surface area contributed by atoms with Gasteiger partial charge in [-0.25, -0.2) is 18.4 Å². The molecule has 1 aliphatic heterocycles. The Labute approximate surface area is 170 Å². The number of nitrogens with zero attached hydrogens (tertiary/aromatic N) is 4. The summed E-state index contributed by atoms with van der Waals surface area (Å²) in [5.74, 6) is -0.287. The van der Waals surface area contributed by atoms with Crippen molar-refractivity contribution >= 4 is 48.1 Å². The molecule has 1 amide bonds. The number of hydrogen-bond donors (Lipinski definition) is 1. The molecule has 4 aromatic rings. The monoisotopic (exact) mass is 427 g/mol. The van der Waals surface area contributed by atoms with Crippen LogP contribution < -0.4 is 5.32 Å². The van der Waals surface area contributed by atoms with Gasteiger partial charge in [-0.1, -0.05) is 11.3 Å². The van der Waals surface area contributed by atoms with Crippen LogP contribution in [0.3, 0.4) is 0 Å². The number of sulfonamides is 1. The second kappa shape index (κ2) is 6.90. The summed E-state index contributed by atoms with van der Waals surface area (Å²) in [5, 5.41) is 3.22. The number of fused-ring (bicyclic) bond motifs is 2. The number of pyridine rings is 1. The summed E-state index contributed by atoms with van der Waals surface area (Å²) in [6.45, 7) is 1.12. The number of carbonyl (C=O) groups excluding carboxylic acids is 1. The molecule has 5 rings (SSSR count). The van der Waals surface area contributed by atoms with E-state index in [1.165, 1.54) is 15.6 Å². The SMILES string of the molecule is O=C(Nc1nc2ccc(S(=O)(=O)N3CCCC3)cc2s1)c1ccc2cncn2c1. The van der Waals surface area contributed by atoms with Crippen molar-refractivity contribution in [3.05, 3.63) is 54.6 Å². The molecule has 0 saturated carbocycles. The smallest absolute Gasteiger partial charge is 0.258 e. The molecular formula is C19H17N5O3S2. The summed E-state index contributed by atoms with van der Waals surface area (Å²) < 4.78 is 29.5. The molecule has 0 aliphatic carbocycles. The number of aromatic nitrogens is 3. The molecule has 29 heavy (non-hydrogen) atoms. The van der Waals surface area contributed by atoms with Crippen LogP contribution >= 0.6 is 11.3 Å². The van der Waals surface area contributed by atoms with Crippen molar-refractivity contribution in [2.24, 2.45) is 0 Å². The molecule has 1 saturated heterocycles. The summed E-state index contributed by atoms with van der Waals surface area (Å²) in [5.41, 5.74) is 2.02. The number of amides is 1. The zero-order valence-corrected chi connectivity index (χ0v) is 16.9. The zero-order chi connectivity index (χ0) is 20.0.